The molecular formula is C16H26N2S. The van der Waals surface area contributed by atoms with Crippen LogP contribution in [0, 0.1) is 5.92 Å². The minimum atomic E-state index is 0.712. The molecule has 2 fully saturated rings. The third-order valence-electron chi connectivity index (χ3n) is 4.78. The Balaban J connectivity index is 1.47. The van der Waals surface area contributed by atoms with Crippen molar-refractivity contribution >= 4 is 11.3 Å². The monoisotopic (exact) mass is 278 g/mol. The molecule has 1 aliphatic heterocycles. The SMILES string of the molecule is CN(Cc1cccs1)CC1CCC2CCCCC2N1. The van der Waals surface area contributed by atoms with E-state index in [1.54, 1.807) is 0 Å². The molecule has 1 N–H and O–H groups in total. The summed E-state index contributed by atoms with van der Waals surface area (Å²) >= 11 is 1.87. The molecule has 1 saturated heterocycles. The van der Waals surface area contributed by atoms with E-state index in [0.717, 1.165) is 18.5 Å². The lowest BCUT2D eigenvalue weighted by Crippen LogP contribution is -2.52. The van der Waals surface area contributed by atoms with E-state index in [2.05, 4.69) is 34.8 Å². The minimum absolute atomic E-state index is 0.712. The molecule has 3 heteroatoms. The Bertz CT molecular complexity index is 376. The van der Waals surface area contributed by atoms with Crippen molar-refractivity contribution in [2.45, 2.75) is 57.2 Å². The van der Waals surface area contributed by atoms with E-state index >= 15 is 0 Å². The summed E-state index contributed by atoms with van der Waals surface area (Å²) in [4.78, 5) is 3.96. The number of thiophene rings is 1. The first-order valence-corrected chi connectivity index (χ1v) is 8.66. The van der Waals surface area contributed by atoms with Crippen molar-refractivity contribution in [1.29, 1.82) is 0 Å². The molecule has 1 aromatic rings. The van der Waals surface area contributed by atoms with Gasteiger partial charge in [0.25, 0.3) is 0 Å². The lowest BCUT2D eigenvalue weighted by molar-refractivity contribution is 0.151. The van der Waals surface area contributed by atoms with Crippen LogP contribution in [0.1, 0.15) is 43.4 Å². The minimum Gasteiger partial charge on any atom is -0.310 e. The molecule has 3 rings (SSSR count). The van der Waals surface area contributed by atoms with Crippen LogP contribution in [0.15, 0.2) is 17.5 Å². The zero-order chi connectivity index (χ0) is 13.1. The van der Waals surface area contributed by atoms with Gasteiger partial charge in [0.15, 0.2) is 0 Å². The van der Waals surface area contributed by atoms with Gasteiger partial charge in [0.2, 0.25) is 0 Å². The number of fused-ring (bicyclic) bond motifs is 1. The molecule has 2 heterocycles. The third-order valence-corrected chi connectivity index (χ3v) is 5.64. The van der Waals surface area contributed by atoms with Gasteiger partial charge in [0.1, 0.15) is 0 Å². The molecule has 0 aromatic carbocycles. The van der Waals surface area contributed by atoms with Crippen LogP contribution in [-0.2, 0) is 6.54 Å². The molecule has 2 nitrogen and oxygen atoms in total. The summed E-state index contributed by atoms with van der Waals surface area (Å²) in [6, 6.07) is 5.93. The average Bonchev–Trinajstić information content (AvgIpc) is 2.91. The van der Waals surface area contributed by atoms with Gasteiger partial charge in [-0.05, 0) is 50.1 Å². The summed E-state index contributed by atoms with van der Waals surface area (Å²) in [5.74, 6) is 0.979. The number of hydrogen-bond acceptors (Lipinski definition) is 3. The predicted molar refractivity (Wildman–Crippen MR) is 82.6 cm³/mol. The van der Waals surface area contributed by atoms with Crippen LogP contribution in [0.25, 0.3) is 0 Å². The smallest absolute Gasteiger partial charge is 0.0325 e. The van der Waals surface area contributed by atoms with Crippen LogP contribution in [-0.4, -0.2) is 30.6 Å². The highest BCUT2D eigenvalue weighted by Crippen LogP contribution is 2.32. The van der Waals surface area contributed by atoms with E-state index in [9.17, 15) is 0 Å². The summed E-state index contributed by atoms with van der Waals surface area (Å²) in [5, 5.41) is 6.10. The van der Waals surface area contributed by atoms with Crippen molar-refractivity contribution < 1.29 is 0 Å². The van der Waals surface area contributed by atoms with Crippen molar-refractivity contribution in [3.63, 3.8) is 0 Å². The number of likely N-dealkylation sites (N-methyl/N-ethyl adjacent to an activating group) is 1. The maximum atomic E-state index is 3.93. The van der Waals surface area contributed by atoms with Crippen LogP contribution in [0.2, 0.25) is 0 Å². The molecule has 1 aromatic heterocycles. The van der Waals surface area contributed by atoms with Crippen molar-refractivity contribution in [3.05, 3.63) is 22.4 Å². The van der Waals surface area contributed by atoms with E-state index in [1.807, 2.05) is 11.3 Å². The molecule has 3 unspecified atom stereocenters. The largest absolute Gasteiger partial charge is 0.310 e. The molecule has 0 amide bonds. The first-order valence-electron chi connectivity index (χ1n) is 7.78. The lowest BCUT2D eigenvalue weighted by Gasteiger charge is -2.41. The van der Waals surface area contributed by atoms with Gasteiger partial charge in [-0.2, -0.15) is 0 Å². The fraction of sp³-hybridized carbons (Fsp3) is 0.750. The number of piperidine rings is 1. The molecule has 1 aliphatic carbocycles. The molecule has 106 valence electrons. The number of nitrogens with one attached hydrogen (secondary N) is 1. The predicted octanol–water partition coefficient (Wildman–Crippen LogP) is 3.49. The number of nitrogens with zero attached hydrogens (tertiary/aromatic N) is 1. The van der Waals surface area contributed by atoms with Crippen LogP contribution >= 0.6 is 11.3 Å². The molecule has 0 radical (unpaired) electrons. The topological polar surface area (TPSA) is 15.3 Å². The zero-order valence-corrected chi connectivity index (χ0v) is 12.8. The van der Waals surface area contributed by atoms with E-state index in [0.29, 0.717) is 6.04 Å². The lowest BCUT2D eigenvalue weighted by atomic mass is 9.78. The summed E-state index contributed by atoms with van der Waals surface area (Å²) in [7, 11) is 2.26. The van der Waals surface area contributed by atoms with Crippen molar-refractivity contribution in [2.24, 2.45) is 5.92 Å². The Morgan fingerprint density at radius 2 is 2.16 bits per heavy atom. The molecule has 2 aliphatic rings. The van der Waals surface area contributed by atoms with Crippen LogP contribution in [0.3, 0.4) is 0 Å². The van der Waals surface area contributed by atoms with Crippen molar-refractivity contribution in [3.8, 4) is 0 Å². The van der Waals surface area contributed by atoms with Gasteiger partial charge in [0, 0.05) is 30.1 Å². The molecule has 0 spiro atoms. The van der Waals surface area contributed by atoms with Crippen LogP contribution in [0.5, 0.6) is 0 Å². The van der Waals surface area contributed by atoms with Crippen LogP contribution < -0.4 is 5.32 Å². The second-order valence-corrected chi connectivity index (χ2v) is 7.40. The Morgan fingerprint density at radius 3 is 3.00 bits per heavy atom. The fourth-order valence-corrected chi connectivity index (χ4v) is 4.61. The first kappa shape index (κ1) is 13.6. The van der Waals surface area contributed by atoms with Crippen LogP contribution in [0.4, 0.5) is 0 Å². The molecule has 0 bridgehead atoms. The molecular weight excluding hydrogens is 252 g/mol. The summed E-state index contributed by atoms with van der Waals surface area (Å²) in [6.45, 7) is 2.30. The number of hydrogen-bond donors (Lipinski definition) is 1. The first-order chi connectivity index (χ1) is 9.31. The molecule has 19 heavy (non-hydrogen) atoms. The Morgan fingerprint density at radius 1 is 1.26 bits per heavy atom. The Labute approximate surface area is 121 Å². The maximum absolute atomic E-state index is 3.93. The highest BCUT2D eigenvalue weighted by molar-refractivity contribution is 7.09. The van der Waals surface area contributed by atoms with Gasteiger partial charge in [-0.25, -0.2) is 0 Å². The highest BCUT2D eigenvalue weighted by atomic mass is 32.1. The standard InChI is InChI=1S/C16H26N2S/c1-18(12-15-6-4-10-19-15)11-14-9-8-13-5-2-3-7-16(13)17-14/h4,6,10,13-14,16-17H,2-3,5,7-9,11-12H2,1H3. The van der Waals surface area contributed by atoms with E-state index in [1.165, 1.54) is 49.9 Å². The fourth-order valence-electron chi connectivity index (χ4n) is 3.83. The Hall–Kier alpha value is -0.380. The summed E-state index contributed by atoms with van der Waals surface area (Å²) in [6.07, 6.45) is 8.61. The van der Waals surface area contributed by atoms with E-state index < -0.39 is 0 Å². The van der Waals surface area contributed by atoms with E-state index in [4.69, 9.17) is 0 Å². The highest BCUT2D eigenvalue weighted by Gasteiger charge is 2.31. The number of rotatable bonds is 4. The van der Waals surface area contributed by atoms with Gasteiger partial charge >= 0.3 is 0 Å². The van der Waals surface area contributed by atoms with Crippen molar-refractivity contribution in [2.75, 3.05) is 13.6 Å². The van der Waals surface area contributed by atoms with Gasteiger partial charge in [-0.15, -0.1) is 11.3 Å². The third kappa shape index (κ3) is 3.59. The van der Waals surface area contributed by atoms with Crippen molar-refractivity contribution in [1.82, 2.24) is 10.2 Å². The zero-order valence-electron chi connectivity index (χ0n) is 12.0. The summed E-state index contributed by atoms with van der Waals surface area (Å²) in [5.41, 5.74) is 0. The maximum Gasteiger partial charge on any atom is 0.0325 e. The molecule has 3 atom stereocenters. The van der Waals surface area contributed by atoms with Gasteiger partial charge in [-0.1, -0.05) is 18.9 Å². The van der Waals surface area contributed by atoms with Gasteiger partial charge < -0.3 is 5.32 Å². The molecule has 1 saturated carbocycles. The normalized spacial score (nSPS) is 31.4. The van der Waals surface area contributed by atoms with Gasteiger partial charge in [0.05, 0.1) is 0 Å². The summed E-state index contributed by atoms with van der Waals surface area (Å²) < 4.78 is 0. The van der Waals surface area contributed by atoms with E-state index in [-0.39, 0.29) is 0 Å². The Kier molecular flexibility index (Phi) is 4.57. The quantitative estimate of drug-likeness (QED) is 0.907. The van der Waals surface area contributed by atoms with Gasteiger partial charge in [-0.3, -0.25) is 4.90 Å². The second kappa shape index (κ2) is 6.38. The average molecular weight is 278 g/mol. The second-order valence-electron chi connectivity index (χ2n) is 6.37.